The minimum absolute atomic E-state index is 0.127. The molecule has 6 heteroatoms. The highest BCUT2D eigenvalue weighted by Crippen LogP contribution is 2.45. The molecule has 4 rings (SSSR count). The number of pyridine rings is 1. The van der Waals surface area contributed by atoms with Crippen molar-refractivity contribution in [2.45, 2.75) is 50.5 Å². The van der Waals surface area contributed by atoms with Gasteiger partial charge in [-0.2, -0.15) is 4.90 Å². The molecule has 1 aromatic rings. The second-order valence-electron chi connectivity index (χ2n) is 6.63. The van der Waals surface area contributed by atoms with E-state index < -0.39 is 0 Å². The van der Waals surface area contributed by atoms with Gasteiger partial charge in [0.2, 0.25) is 0 Å². The van der Waals surface area contributed by atoms with Crippen LogP contribution in [-0.4, -0.2) is 41.3 Å². The van der Waals surface area contributed by atoms with Crippen LogP contribution < -0.4 is 10.2 Å². The fourth-order valence-corrected chi connectivity index (χ4v) is 3.82. The first-order valence-electron chi connectivity index (χ1n) is 8.73. The average Bonchev–Trinajstić information content (AvgIpc) is 2.78. The first-order valence-corrected chi connectivity index (χ1v) is 8.73. The molecule has 3 saturated heterocycles. The van der Waals surface area contributed by atoms with E-state index in [2.05, 4.69) is 15.2 Å². The lowest BCUT2D eigenvalue weighted by molar-refractivity contribution is -0.729. The molecule has 2 radical (unpaired) electrons. The Kier molecular flexibility index (Phi) is 5.23. The van der Waals surface area contributed by atoms with Crippen LogP contribution in [0.1, 0.15) is 50.6 Å². The molecule has 1 N–H and O–H groups in total. The van der Waals surface area contributed by atoms with Crippen molar-refractivity contribution in [3.8, 4) is 0 Å². The van der Waals surface area contributed by atoms with Crippen LogP contribution >= 0.6 is 0 Å². The van der Waals surface area contributed by atoms with Crippen molar-refractivity contribution in [2.24, 2.45) is 0 Å². The van der Waals surface area contributed by atoms with Crippen LogP contribution in [0.4, 0.5) is 5.69 Å². The van der Waals surface area contributed by atoms with E-state index in [9.17, 15) is 4.91 Å². The molecule has 1 unspecified atom stereocenters. The maximum absolute atomic E-state index is 10.7. The third kappa shape index (κ3) is 3.53. The maximum atomic E-state index is 10.7. The zero-order valence-corrected chi connectivity index (χ0v) is 13.7. The van der Waals surface area contributed by atoms with Gasteiger partial charge in [0.05, 0.1) is 11.3 Å². The van der Waals surface area contributed by atoms with E-state index in [1.807, 2.05) is 6.07 Å². The lowest BCUT2D eigenvalue weighted by Gasteiger charge is -2.37. The summed E-state index contributed by atoms with van der Waals surface area (Å²) in [6.45, 7) is 4.55. The first-order chi connectivity index (χ1) is 11.2. The van der Waals surface area contributed by atoms with E-state index >= 15 is 0 Å². The van der Waals surface area contributed by atoms with Crippen molar-refractivity contribution in [3.05, 3.63) is 28.9 Å². The van der Waals surface area contributed by atoms with Gasteiger partial charge in [0, 0.05) is 32.0 Å². The number of aromatic nitrogens is 1. The van der Waals surface area contributed by atoms with Gasteiger partial charge in [-0.05, 0) is 18.9 Å². The van der Waals surface area contributed by atoms with Gasteiger partial charge in [-0.15, -0.1) is 0 Å². The van der Waals surface area contributed by atoms with Gasteiger partial charge >= 0.3 is 5.69 Å². The van der Waals surface area contributed by atoms with Crippen LogP contribution in [0.25, 0.3) is 0 Å². The van der Waals surface area contributed by atoms with Crippen molar-refractivity contribution >= 4 is 5.69 Å². The van der Waals surface area contributed by atoms with Crippen LogP contribution in [0.15, 0.2) is 18.3 Å². The third-order valence-corrected chi connectivity index (χ3v) is 5.25. The Bertz CT molecular complexity index is 514. The molecule has 4 heterocycles. The molecular formula is C17H26N4O2+2. The summed E-state index contributed by atoms with van der Waals surface area (Å²) in [7, 11) is 0. The van der Waals surface area contributed by atoms with Gasteiger partial charge < -0.3 is 0 Å². The maximum Gasteiger partial charge on any atom is 0.334 e. The predicted molar refractivity (Wildman–Crippen MR) is 87.0 cm³/mol. The molecule has 0 bridgehead atoms. The number of nitrogens with zero attached hydrogens (tertiary/aromatic N) is 4. The molecule has 23 heavy (non-hydrogen) atoms. The van der Waals surface area contributed by atoms with Gasteiger partial charge in [-0.3, -0.25) is 0 Å². The predicted octanol–water partition coefficient (Wildman–Crippen LogP) is 2.58. The van der Waals surface area contributed by atoms with Gasteiger partial charge in [0.15, 0.2) is 5.54 Å². The molecule has 0 aromatic carbocycles. The van der Waals surface area contributed by atoms with E-state index in [1.165, 1.54) is 38.3 Å². The van der Waals surface area contributed by atoms with Crippen molar-refractivity contribution in [3.63, 3.8) is 0 Å². The van der Waals surface area contributed by atoms with Crippen molar-refractivity contribution in [1.29, 1.82) is 0 Å². The normalized spacial score (nSPS) is 27.1. The van der Waals surface area contributed by atoms with Crippen molar-refractivity contribution in [1.82, 2.24) is 15.2 Å². The minimum Gasteiger partial charge on any atom is -0.247 e. The van der Waals surface area contributed by atoms with Crippen molar-refractivity contribution in [2.75, 3.05) is 26.2 Å². The Morgan fingerprint density at radius 2 is 1.83 bits per heavy atom. The number of rotatable bonds is 2. The van der Waals surface area contributed by atoms with Crippen LogP contribution in [0.5, 0.6) is 0 Å². The molecular weight excluding hydrogens is 292 g/mol. The fraction of sp³-hybridized carbons (Fsp3) is 0.706. The standard InChI is InChI=1S/C11H14N3O2.C6H12N/c15-14(16)9-2-3-10(12-8-9)11-4-1-6-13(11)7-5-11;1-2-4-6-7-5-3-1/h2-3,8H,1,4-7H2,(H,15,16);1-6H2/q+2;. The second-order valence-corrected chi connectivity index (χ2v) is 6.63. The quantitative estimate of drug-likeness (QED) is 0.673. The average molecular weight is 318 g/mol. The summed E-state index contributed by atoms with van der Waals surface area (Å²) in [5.41, 5.74) is 1.34. The molecule has 124 valence electrons. The molecule has 3 fully saturated rings. The summed E-state index contributed by atoms with van der Waals surface area (Å²) in [6, 6.07) is 3.48. The van der Waals surface area contributed by atoms with Gasteiger partial charge in [0.1, 0.15) is 25.0 Å². The Hall–Kier alpha value is -1.53. The lowest BCUT2D eigenvalue weighted by atomic mass is 9.81. The summed E-state index contributed by atoms with van der Waals surface area (Å²) >= 11 is 0. The SMILES string of the molecule is C1CCC[N]CC1.O=[N+](O)c1ccc(C23CCC[N+]2CC3)nc1. The molecule has 1 aromatic heterocycles. The van der Waals surface area contributed by atoms with Crippen LogP contribution in [0.3, 0.4) is 0 Å². The van der Waals surface area contributed by atoms with Gasteiger partial charge in [-0.1, -0.05) is 12.8 Å². The van der Waals surface area contributed by atoms with Crippen LogP contribution in [-0.2, 0) is 5.54 Å². The zero-order chi connectivity index (χ0) is 16.1. The van der Waals surface area contributed by atoms with E-state index in [0.717, 1.165) is 44.7 Å². The van der Waals surface area contributed by atoms with Crippen LogP contribution in [0, 0.1) is 4.91 Å². The van der Waals surface area contributed by atoms with E-state index in [4.69, 9.17) is 5.21 Å². The smallest absolute Gasteiger partial charge is 0.247 e. The topological polar surface area (TPSA) is 73.2 Å². The lowest BCUT2D eigenvalue weighted by Crippen LogP contribution is -2.57. The molecule has 0 spiro atoms. The number of fused-ring (bicyclic) bond motifs is 1. The Morgan fingerprint density at radius 3 is 2.35 bits per heavy atom. The van der Waals surface area contributed by atoms with E-state index in [0.29, 0.717) is 0 Å². The van der Waals surface area contributed by atoms with Crippen molar-refractivity contribution < 1.29 is 10.1 Å². The van der Waals surface area contributed by atoms with E-state index in [-0.39, 0.29) is 16.1 Å². The Balaban J connectivity index is 0.000000188. The summed E-state index contributed by atoms with van der Waals surface area (Å²) in [4.78, 5) is 17.3. The van der Waals surface area contributed by atoms with Gasteiger partial charge in [-0.25, -0.2) is 15.5 Å². The summed E-state index contributed by atoms with van der Waals surface area (Å²) < 4.78 is 0. The molecule has 0 aliphatic carbocycles. The Morgan fingerprint density at radius 1 is 1.04 bits per heavy atom. The fourth-order valence-electron chi connectivity index (χ4n) is 3.82. The highest BCUT2D eigenvalue weighted by atomic mass is 16.6. The Labute approximate surface area is 137 Å². The molecule has 6 nitrogen and oxygen atoms in total. The largest absolute Gasteiger partial charge is 0.334 e. The van der Waals surface area contributed by atoms with E-state index in [1.54, 1.807) is 6.07 Å². The molecule has 3 aliphatic rings. The minimum atomic E-state index is -0.151. The van der Waals surface area contributed by atoms with Crippen LogP contribution in [0.2, 0.25) is 0 Å². The zero-order valence-electron chi connectivity index (χ0n) is 13.7. The summed E-state index contributed by atoms with van der Waals surface area (Å²) in [5, 5.41) is 13.0. The molecule has 0 saturated carbocycles. The highest BCUT2D eigenvalue weighted by molar-refractivity contribution is 5.32. The van der Waals surface area contributed by atoms with Gasteiger partial charge in [0.25, 0.3) is 4.92 Å². The monoisotopic (exact) mass is 318 g/mol. The number of hydrogen-bond acceptors (Lipinski definition) is 3. The first kappa shape index (κ1) is 16.3. The highest BCUT2D eigenvalue weighted by Gasteiger charge is 2.59. The second kappa shape index (κ2) is 7.36. The third-order valence-electron chi connectivity index (χ3n) is 5.25. The summed E-state index contributed by atoms with van der Waals surface area (Å²) in [6.07, 6.45) is 10.4. The number of hydrogen-bond donors (Lipinski definition) is 1. The summed E-state index contributed by atoms with van der Waals surface area (Å²) in [5.74, 6) is 0. The molecule has 3 aliphatic heterocycles. The molecule has 1 atom stereocenters. The molecule has 0 amide bonds.